The lowest BCUT2D eigenvalue weighted by atomic mass is 9.73. The number of aromatic carboxylic acids is 1. The molecule has 0 saturated heterocycles. The minimum absolute atomic E-state index is 0.0581. The van der Waals surface area contributed by atoms with Crippen LogP contribution in [-0.4, -0.2) is 27.7 Å². The van der Waals surface area contributed by atoms with Crippen molar-refractivity contribution in [3.8, 4) is 0 Å². The van der Waals surface area contributed by atoms with Gasteiger partial charge in [-0.15, -0.1) is 0 Å². The van der Waals surface area contributed by atoms with Crippen LogP contribution < -0.4 is 0 Å². The molecule has 5 heteroatoms. The Kier molecular flexibility index (Phi) is 3.77. The van der Waals surface area contributed by atoms with Crippen LogP contribution >= 0.6 is 0 Å². The van der Waals surface area contributed by atoms with Gasteiger partial charge in [0.2, 0.25) is 0 Å². The van der Waals surface area contributed by atoms with E-state index in [1.54, 1.807) is 0 Å². The van der Waals surface area contributed by atoms with Crippen molar-refractivity contribution in [1.82, 2.24) is 9.97 Å². The van der Waals surface area contributed by atoms with Gasteiger partial charge in [0, 0.05) is 17.8 Å². The molecule has 2 heterocycles. The highest BCUT2D eigenvalue weighted by molar-refractivity contribution is 5.86. The maximum atomic E-state index is 11.1. The number of nitrogens with zero attached hydrogens (tertiary/aromatic N) is 2. The normalized spacial score (nSPS) is 21.4. The molecule has 2 aliphatic rings. The smallest absolute Gasteiger partial charge is 0.338 e. The number of rotatable bonds is 3. The number of carboxylic acid groups (broad SMARTS) is 1. The summed E-state index contributed by atoms with van der Waals surface area (Å²) in [4.78, 5) is 19.9. The topological polar surface area (TPSA) is 72.3 Å². The first-order valence-electron chi connectivity index (χ1n) is 9.43. The minimum Gasteiger partial charge on any atom is -0.478 e. The van der Waals surface area contributed by atoms with E-state index in [0.29, 0.717) is 6.61 Å². The molecule has 27 heavy (non-hydrogen) atoms. The minimum atomic E-state index is -1.000. The Morgan fingerprint density at radius 1 is 1.04 bits per heavy atom. The molecular weight excluding hydrogens is 340 g/mol. The molecule has 0 amide bonds. The molecule has 0 atom stereocenters. The third-order valence-electron chi connectivity index (χ3n) is 6.13. The monoisotopic (exact) mass is 366 g/mol. The average Bonchev–Trinajstić information content (AvgIpc) is 3.40. The number of ether oxygens (including phenoxy) is 1. The maximum absolute atomic E-state index is 11.1. The van der Waals surface area contributed by atoms with E-state index >= 15 is 0 Å². The molecule has 1 N–H and O–H groups in total. The summed E-state index contributed by atoms with van der Waals surface area (Å²) in [6.45, 7) is 11.5. The molecule has 0 unspecified atom stereocenters. The van der Waals surface area contributed by atoms with Crippen LogP contribution in [0.5, 0.6) is 0 Å². The van der Waals surface area contributed by atoms with E-state index in [1.807, 2.05) is 0 Å². The molecule has 1 aromatic heterocycles. The van der Waals surface area contributed by atoms with Crippen molar-refractivity contribution < 1.29 is 14.6 Å². The molecule has 1 saturated carbocycles. The fraction of sp³-hybridized carbons (Fsp3) is 0.500. The van der Waals surface area contributed by atoms with E-state index in [-0.39, 0.29) is 22.0 Å². The standard InChI is InChI=1S/C22H26N2O3/c1-13-8-17-16(20(2,3)12-27-21(17,4)5)9-15(13)22(6-7-22)19-23-10-14(11-24-19)18(25)26/h8-11H,6-7,12H2,1-5H3,(H,25,26). The van der Waals surface area contributed by atoms with Crippen LogP contribution in [0.3, 0.4) is 0 Å². The van der Waals surface area contributed by atoms with Gasteiger partial charge in [-0.3, -0.25) is 0 Å². The molecular formula is C22H26N2O3. The Labute approximate surface area is 159 Å². The summed E-state index contributed by atoms with van der Waals surface area (Å²) < 4.78 is 6.14. The summed E-state index contributed by atoms with van der Waals surface area (Å²) >= 11 is 0. The largest absolute Gasteiger partial charge is 0.478 e. The molecule has 4 rings (SSSR count). The Morgan fingerprint density at radius 3 is 2.22 bits per heavy atom. The first kappa shape index (κ1) is 18.1. The molecule has 0 bridgehead atoms. The Hall–Kier alpha value is -2.27. The SMILES string of the molecule is Cc1cc2c(cc1C1(c3ncc(C(=O)O)cn3)CC1)C(C)(C)COC2(C)C. The van der Waals surface area contributed by atoms with E-state index in [9.17, 15) is 4.79 Å². The first-order chi connectivity index (χ1) is 12.6. The molecule has 1 fully saturated rings. The highest BCUT2D eigenvalue weighted by Gasteiger charge is 2.50. The second-order valence-corrected chi connectivity index (χ2v) is 9.08. The summed E-state index contributed by atoms with van der Waals surface area (Å²) in [6.07, 6.45) is 4.80. The predicted molar refractivity (Wildman–Crippen MR) is 102 cm³/mol. The highest BCUT2D eigenvalue weighted by atomic mass is 16.5. The van der Waals surface area contributed by atoms with Gasteiger partial charge in [0.25, 0.3) is 0 Å². The van der Waals surface area contributed by atoms with Crippen LogP contribution in [0.1, 0.15) is 79.0 Å². The van der Waals surface area contributed by atoms with Crippen LogP contribution in [0.15, 0.2) is 24.5 Å². The fourth-order valence-electron chi connectivity index (χ4n) is 4.22. The zero-order valence-electron chi connectivity index (χ0n) is 16.6. The highest BCUT2D eigenvalue weighted by Crippen LogP contribution is 2.55. The molecule has 0 spiro atoms. The summed E-state index contributed by atoms with van der Waals surface area (Å²) in [7, 11) is 0. The molecule has 0 radical (unpaired) electrons. The lowest BCUT2D eigenvalue weighted by Gasteiger charge is -2.42. The van der Waals surface area contributed by atoms with Gasteiger partial charge in [0.05, 0.1) is 23.2 Å². The Bertz CT molecular complexity index is 925. The quantitative estimate of drug-likeness (QED) is 0.885. The Balaban J connectivity index is 1.84. The number of hydrogen-bond donors (Lipinski definition) is 1. The molecule has 1 aromatic carbocycles. The van der Waals surface area contributed by atoms with Crippen molar-refractivity contribution in [3.63, 3.8) is 0 Å². The van der Waals surface area contributed by atoms with Crippen molar-refractivity contribution in [3.05, 3.63) is 58.2 Å². The lowest BCUT2D eigenvalue weighted by molar-refractivity contribution is -0.0588. The van der Waals surface area contributed by atoms with Gasteiger partial charge in [0.15, 0.2) is 0 Å². The van der Waals surface area contributed by atoms with Crippen LogP contribution in [0.25, 0.3) is 0 Å². The molecule has 2 aromatic rings. The molecule has 1 aliphatic carbocycles. The summed E-state index contributed by atoms with van der Waals surface area (Å²) in [5.74, 6) is -0.278. The third-order valence-corrected chi connectivity index (χ3v) is 6.13. The zero-order valence-corrected chi connectivity index (χ0v) is 16.6. The van der Waals surface area contributed by atoms with E-state index in [2.05, 4.69) is 56.7 Å². The van der Waals surface area contributed by atoms with Crippen molar-refractivity contribution in [2.45, 2.75) is 63.9 Å². The number of fused-ring (bicyclic) bond motifs is 1. The second-order valence-electron chi connectivity index (χ2n) is 9.08. The van der Waals surface area contributed by atoms with E-state index in [0.717, 1.165) is 18.7 Å². The van der Waals surface area contributed by atoms with Gasteiger partial charge < -0.3 is 9.84 Å². The van der Waals surface area contributed by atoms with Gasteiger partial charge in [-0.1, -0.05) is 26.0 Å². The van der Waals surface area contributed by atoms with Crippen LogP contribution in [0.2, 0.25) is 0 Å². The van der Waals surface area contributed by atoms with Crippen molar-refractivity contribution in [1.29, 1.82) is 0 Å². The van der Waals surface area contributed by atoms with Gasteiger partial charge in [-0.05, 0) is 55.9 Å². The second kappa shape index (κ2) is 5.61. The van der Waals surface area contributed by atoms with Crippen molar-refractivity contribution >= 4 is 5.97 Å². The molecule has 5 nitrogen and oxygen atoms in total. The number of aromatic nitrogens is 2. The van der Waals surface area contributed by atoms with E-state index in [1.165, 1.54) is 34.6 Å². The summed E-state index contributed by atoms with van der Waals surface area (Å²) in [6, 6.07) is 4.59. The Morgan fingerprint density at radius 2 is 1.67 bits per heavy atom. The average molecular weight is 366 g/mol. The maximum Gasteiger partial charge on any atom is 0.338 e. The summed E-state index contributed by atoms with van der Waals surface area (Å²) in [5.41, 5.74) is 4.61. The third kappa shape index (κ3) is 2.76. The zero-order chi connectivity index (χ0) is 19.6. The number of hydrogen-bond acceptors (Lipinski definition) is 4. The van der Waals surface area contributed by atoms with Crippen molar-refractivity contribution in [2.75, 3.05) is 6.61 Å². The van der Waals surface area contributed by atoms with E-state index in [4.69, 9.17) is 9.84 Å². The van der Waals surface area contributed by atoms with Gasteiger partial charge >= 0.3 is 5.97 Å². The fourth-order valence-corrected chi connectivity index (χ4v) is 4.22. The van der Waals surface area contributed by atoms with Gasteiger partial charge in [0.1, 0.15) is 5.82 Å². The van der Waals surface area contributed by atoms with Gasteiger partial charge in [-0.25, -0.2) is 14.8 Å². The summed E-state index contributed by atoms with van der Waals surface area (Å²) in [5, 5.41) is 9.10. The van der Waals surface area contributed by atoms with E-state index < -0.39 is 5.97 Å². The predicted octanol–water partition coefficient (Wildman–Crippen LogP) is 4.11. The van der Waals surface area contributed by atoms with Crippen LogP contribution in [0, 0.1) is 6.92 Å². The molecule has 1 aliphatic heterocycles. The number of benzene rings is 1. The number of carbonyl (C=O) groups is 1. The van der Waals surface area contributed by atoms with Crippen LogP contribution in [0.4, 0.5) is 0 Å². The van der Waals surface area contributed by atoms with Gasteiger partial charge in [-0.2, -0.15) is 0 Å². The van der Waals surface area contributed by atoms with Crippen molar-refractivity contribution in [2.24, 2.45) is 0 Å². The lowest BCUT2D eigenvalue weighted by Crippen LogP contribution is -2.40. The number of aryl methyl sites for hydroxylation is 1. The number of carboxylic acids is 1. The first-order valence-corrected chi connectivity index (χ1v) is 9.43. The van der Waals surface area contributed by atoms with Crippen LogP contribution in [-0.2, 0) is 21.2 Å². The molecule has 142 valence electrons.